The van der Waals surface area contributed by atoms with Gasteiger partial charge in [0.25, 0.3) is 0 Å². The van der Waals surface area contributed by atoms with Crippen molar-refractivity contribution in [3.05, 3.63) is 63.1 Å². The van der Waals surface area contributed by atoms with Crippen LogP contribution in [-0.2, 0) is 6.61 Å². The second-order valence-electron chi connectivity index (χ2n) is 3.64. The Kier molecular flexibility index (Phi) is 4.24. The molecule has 0 heterocycles. The van der Waals surface area contributed by atoms with E-state index in [1.807, 2.05) is 36.4 Å². The molecule has 0 fully saturated rings. The normalized spacial score (nSPS) is 9.83. The second kappa shape index (κ2) is 5.90. The number of ether oxygens (including phenoxy) is 1. The lowest BCUT2D eigenvalue weighted by Gasteiger charge is -2.09. The van der Waals surface area contributed by atoms with Crippen molar-refractivity contribution in [1.82, 2.24) is 0 Å². The molecule has 0 radical (unpaired) electrons. The Morgan fingerprint density at radius 1 is 1.22 bits per heavy atom. The molecule has 0 aliphatic carbocycles. The smallest absolute Gasteiger partial charge is 0.138 e. The Morgan fingerprint density at radius 3 is 2.72 bits per heavy atom. The van der Waals surface area contributed by atoms with Crippen LogP contribution in [0.5, 0.6) is 5.75 Å². The zero-order valence-electron chi connectivity index (χ0n) is 9.36. The summed E-state index contributed by atoms with van der Waals surface area (Å²) in [6.45, 7) is 0.381. The Bertz CT molecular complexity index is 607. The number of halogens is 2. The van der Waals surface area contributed by atoms with Gasteiger partial charge >= 0.3 is 0 Å². The molecule has 0 aromatic heterocycles. The molecule has 4 heteroatoms. The second-order valence-corrected chi connectivity index (χ2v) is 4.93. The third-order valence-corrected chi connectivity index (χ3v) is 3.27. The minimum atomic E-state index is 0.381. The molecule has 0 bridgehead atoms. The van der Waals surface area contributed by atoms with E-state index in [0.29, 0.717) is 22.9 Å². The van der Waals surface area contributed by atoms with Crippen LogP contribution in [0.2, 0.25) is 5.02 Å². The quantitative estimate of drug-likeness (QED) is 0.830. The van der Waals surface area contributed by atoms with Gasteiger partial charge in [-0.2, -0.15) is 5.26 Å². The molecule has 90 valence electrons. The van der Waals surface area contributed by atoms with E-state index in [-0.39, 0.29) is 0 Å². The number of nitrogens with zero attached hydrogens (tertiary/aromatic N) is 1. The first kappa shape index (κ1) is 12.9. The number of benzene rings is 2. The van der Waals surface area contributed by atoms with Crippen LogP contribution < -0.4 is 4.74 Å². The standard InChI is InChI=1S/C14H9BrClNO/c15-13-5-2-6-14(12(13)8-17)18-9-10-3-1-4-11(16)7-10/h1-7H,9H2. The zero-order valence-corrected chi connectivity index (χ0v) is 11.7. The summed E-state index contributed by atoms with van der Waals surface area (Å²) >= 11 is 9.22. The minimum Gasteiger partial charge on any atom is -0.487 e. The molecule has 18 heavy (non-hydrogen) atoms. The van der Waals surface area contributed by atoms with Crippen molar-refractivity contribution in [2.75, 3.05) is 0 Å². The van der Waals surface area contributed by atoms with Gasteiger partial charge < -0.3 is 4.74 Å². The Balaban J connectivity index is 2.16. The van der Waals surface area contributed by atoms with Crippen molar-refractivity contribution in [3.8, 4) is 11.8 Å². The monoisotopic (exact) mass is 321 g/mol. The van der Waals surface area contributed by atoms with E-state index in [0.717, 1.165) is 10.0 Å². The predicted octanol–water partition coefficient (Wildman–Crippen LogP) is 4.55. The third kappa shape index (κ3) is 3.04. The molecule has 0 aliphatic heterocycles. The lowest BCUT2D eigenvalue weighted by atomic mass is 10.2. The van der Waals surface area contributed by atoms with Gasteiger partial charge in [-0.3, -0.25) is 0 Å². The summed E-state index contributed by atoms with van der Waals surface area (Å²) in [6, 6.07) is 15.0. The first-order chi connectivity index (χ1) is 8.70. The minimum absolute atomic E-state index is 0.381. The fraction of sp³-hybridized carbons (Fsp3) is 0.0714. The van der Waals surface area contributed by atoms with Crippen LogP contribution >= 0.6 is 27.5 Å². The molecule has 2 nitrogen and oxygen atoms in total. The summed E-state index contributed by atoms with van der Waals surface area (Å²) in [6.07, 6.45) is 0. The van der Waals surface area contributed by atoms with Crippen molar-refractivity contribution in [1.29, 1.82) is 5.26 Å². The van der Waals surface area contributed by atoms with Crippen molar-refractivity contribution < 1.29 is 4.74 Å². The first-order valence-electron chi connectivity index (χ1n) is 5.26. The van der Waals surface area contributed by atoms with Gasteiger partial charge in [0, 0.05) is 9.50 Å². The van der Waals surface area contributed by atoms with Crippen molar-refractivity contribution >= 4 is 27.5 Å². The number of hydrogen-bond donors (Lipinski definition) is 0. The Hall–Kier alpha value is -1.50. The summed E-state index contributed by atoms with van der Waals surface area (Å²) in [5.74, 6) is 0.562. The lowest BCUT2D eigenvalue weighted by Crippen LogP contribution is -1.97. The van der Waals surface area contributed by atoms with E-state index in [1.54, 1.807) is 6.07 Å². The van der Waals surface area contributed by atoms with E-state index >= 15 is 0 Å². The van der Waals surface area contributed by atoms with E-state index in [1.165, 1.54) is 0 Å². The molecule has 0 amide bonds. The maximum absolute atomic E-state index is 9.06. The Labute approximate surface area is 119 Å². The summed E-state index contributed by atoms with van der Waals surface area (Å²) in [7, 11) is 0. The van der Waals surface area contributed by atoms with Gasteiger partial charge in [0.1, 0.15) is 24.0 Å². The van der Waals surface area contributed by atoms with Gasteiger partial charge in [-0.1, -0.05) is 29.8 Å². The topological polar surface area (TPSA) is 33.0 Å². The van der Waals surface area contributed by atoms with Crippen LogP contribution in [0, 0.1) is 11.3 Å². The highest BCUT2D eigenvalue weighted by molar-refractivity contribution is 9.10. The van der Waals surface area contributed by atoms with Crippen LogP contribution in [0.4, 0.5) is 0 Å². The van der Waals surface area contributed by atoms with E-state index < -0.39 is 0 Å². The van der Waals surface area contributed by atoms with E-state index in [2.05, 4.69) is 22.0 Å². The summed E-state index contributed by atoms with van der Waals surface area (Å²) in [4.78, 5) is 0. The summed E-state index contributed by atoms with van der Waals surface area (Å²) in [5, 5.41) is 9.73. The van der Waals surface area contributed by atoms with Crippen LogP contribution in [0.3, 0.4) is 0 Å². The molecule has 0 N–H and O–H groups in total. The van der Waals surface area contributed by atoms with Crippen molar-refractivity contribution in [3.63, 3.8) is 0 Å². The van der Waals surface area contributed by atoms with Crippen molar-refractivity contribution in [2.45, 2.75) is 6.61 Å². The number of nitriles is 1. The molecule has 0 saturated heterocycles. The largest absolute Gasteiger partial charge is 0.487 e. The fourth-order valence-corrected chi connectivity index (χ4v) is 2.17. The molecule has 0 atom stereocenters. The van der Waals surface area contributed by atoms with Crippen LogP contribution in [-0.4, -0.2) is 0 Å². The predicted molar refractivity (Wildman–Crippen MR) is 74.6 cm³/mol. The van der Waals surface area contributed by atoms with Crippen LogP contribution in [0.25, 0.3) is 0 Å². The number of rotatable bonds is 3. The highest BCUT2D eigenvalue weighted by atomic mass is 79.9. The van der Waals surface area contributed by atoms with Gasteiger partial charge in [0.15, 0.2) is 0 Å². The Morgan fingerprint density at radius 2 is 2.00 bits per heavy atom. The molecule has 0 spiro atoms. The SMILES string of the molecule is N#Cc1c(Br)cccc1OCc1cccc(Cl)c1. The molecule has 2 aromatic rings. The van der Waals surface area contributed by atoms with Gasteiger partial charge in [-0.15, -0.1) is 0 Å². The molecular weight excluding hydrogens is 314 g/mol. The van der Waals surface area contributed by atoms with E-state index in [9.17, 15) is 0 Å². The molecular formula is C14H9BrClNO. The summed E-state index contributed by atoms with van der Waals surface area (Å²) < 4.78 is 6.37. The van der Waals surface area contributed by atoms with Crippen LogP contribution in [0.1, 0.15) is 11.1 Å². The molecule has 0 aliphatic rings. The first-order valence-corrected chi connectivity index (χ1v) is 6.43. The molecule has 0 unspecified atom stereocenters. The maximum atomic E-state index is 9.06. The van der Waals surface area contributed by atoms with Gasteiger partial charge in [0.2, 0.25) is 0 Å². The number of hydrogen-bond acceptors (Lipinski definition) is 2. The summed E-state index contributed by atoms with van der Waals surface area (Å²) in [5.41, 5.74) is 1.46. The van der Waals surface area contributed by atoms with Crippen molar-refractivity contribution in [2.24, 2.45) is 0 Å². The third-order valence-electron chi connectivity index (χ3n) is 2.37. The van der Waals surface area contributed by atoms with E-state index in [4.69, 9.17) is 21.6 Å². The van der Waals surface area contributed by atoms with Gasteiger partial charge in [-0.25, -0.2) is 0 Å². The average molecular weight is 323 g/mol. The molecule has 2 rings (SSSR count). The lowest BCUT2D eigenvalue weighted by molar-refractivity contribution is 0.305. The maximum Gasteiger partial charge on any atom is 0.138 e. The highest BCUT2D eigenvalue weighted by Crippen LogP contribution is 2.26. The zero-order chi connectivity index (χ0) is 13.0. The fourth-order valence-electron chi connectivity index (χ4n) is 1.52. The van der Waals surface area contributed by atoms with Crippen LogP contribution in [0.15, 0.2) is 46.9 Å². The highest BCUT2D eigenvalue weighted by Gasteiger charge is 2.07. The van der Waals surface area contributed by atoms with Gasteiger partial charge in [-0.05, 0) is 45.8 Å². The molecule has 0 saturated carbocycles. The van der Waals surface area contributed by atoms with Gasteiger partial charge in [0.05, 0.1) is 0 Å². The average Bonchev–Trinajstić information content (AvgIpc) is 2.36. The molecule has 2 aromatic carbocycles.